The summed E-state index contributed by atoms with van der Waals surface area (Å²) in [4.78, 5) is 38.7. The number of hydrogen-bond acceptors (Lipinski definition) is 4. The maximum Gasteiger partial charge on any atom is 0.191 e. The van der Waals surface area contributed by atoms with Gasteiger partial charge in [-0.05, 0) is 0 Å². The summed E-state index contributed by atoms with van der Waals surface area (Å²) in [6.07, 6.45) is 0.176. The molecule has 2 aromatic carbocycles. The average Bonchev–Trinajstić information content (AvgIpc) is 3.02. The van der Waals surface area contributed by atoms with Gasteiger partial charge in [-0.3, -0.25) is 14.4 Å². The highest BCUT2D eigenvalue weighted by atomic mass is 16.2. The number of ketones is 3. The molecular weight excluding hydrogens is 302 g/mol. The molecule has 0 unspecified atom stereocenters. The Bertz CT molecular complexity index is 964. The highest BCUT2D eigenvalue weighted by Gasteiger charge is 2.56. The fourth-order valence-electron chi connectivity index (χ4n) is 4.13. The van der Waals surface area contributed by atoms with Gasteiger partial charge in [-0.2, -0.15) is 0 Å². The predicted molar refractivity (Wildman–Crippen MR) is 87.8 cm³/mol. The second-order valence-corrected chi connectivity index (χ2v) is 6.54. The number of nitrogens with one attached hydrogen (secondary N) is 1. The molecule has 0 aromatic heterocycles. The Balaban J connectivity index is 1.64. The third-order valence-corrected chi connectivity index (χ3v) is 5.35. The van der Waals surface area contributed by atoms with Crippen molar-refractivity contribution in [3.8, 4) is 0 Å². The molecule has 1 aliphatic heterocycles. The first-order valence-corrected chi connectivity index (χ1v) is 7.93. The molecule has 0 bridgehead atoms. The summed E-state index contributed by atoms with van der Waals surface area (Å²) in [5, 5.41) is 3.21. The summed E-state index contributed by atoms with van der Waals surface area (Å²) >= 11 is 0. The van der Waals surface area contributed by atoms with Gasteiger partial charge in [0.25, 0.3) is 0 Å². The zero-order chi connectivity index (χ0) is 16.5. The Morgan fingerprint density at radius 2 is 1.29 bits per heavy atom. The number of fused-ring (bicyclic) bond motifs is 3. The van der Waals surface area contributed by atoms with Crippen LogP contribution in [0.15, 0.2) is 54.1 Å². The molecule has 0 atom stereocenters. The number of Topliss-reactive ketones (excluding diaryl/α,β-unsaturated/α-hetero) is 3. The van der Waals surface area contributed by atoms with Crippen LogP contribution in [0.5, 0.6) is 0 Å². The summed E-state index contributed by atoms with van der Waals surface area (Å²) in [6.45, 7) is 0.236. The topological polar surface area (TPSA) is 63.2 Å². The Labute approximate surface area is 138 Å². The van der Waals surface area contributed by atoms with E-state index in [1.54, 1.807) is 30.3 Å². The van der Waals surface area contributed by atoms with Crippen molar-refractivity contribution in [2.45, 2.75) is 6.42 Å². The number of hydrogen-bond donors (Lipinski definition) is 1. The maximum atomic E-state index is 13.0. The summed E-state index contributed by atoms with van der Waals surface area (Å²) in [7, 11) is 0. The molecule has 0 fully saturated rings. The smallest absolute Gasteiger partial charge is 0.191 e. The van der Waals surface area contributed by atoms with Crippen LogP contribution in [0, 0.1) is 5.41 Å². The molecule has 24 heavy (non-hydrogen) atoms. The van der Waals surface area contributed by atoms with Gasteiger partial charge in [0, 0.05) is 46.5 Å². The van der Waals surface area contributed by atoms with Gasteiger partial charge in [0.05, 0.1) is 0 Å². The van der Waals surface area contributed by atoms with Gasteiger partial charge in [-0.1, -0.05) is 48.5 Å². The van der Waals surface area contributed by atoms with Crippen LogP contribution in [0.25, 0.3) is 5.70 Å². The molecule has 3 aliphatic rings. The minimum absolute atomic E-state index is 0.0799. The number of rotatable bonds is 0. The van der Waals surface area contributed by atoms with E-state index in [4.69, 9.17) is 0 Å². The third kappa shape index (κ3) is 1.41. The van der Waals surface area contributed by atoms with Crippen molar-refractivity contribution >= 4 is 23.0 Å². The molecular formula is C20H13NO3. The first kappa shape index (κ1) is 13.4. The van der Waals surface area contributed by atoms with Gasteiger partial charge < -0.3 is 5.32 Å². The molecule has 1 N–H and O–H groups in total. The monoisotopic (exact) mass is 315 g/mol. The van der Waals surface area contributed by atoms with Gasteiger partial charge in [0.15, 0.2) is 17.3 Å². The van der Waals surface area contributed by atoms with Gasteiger partial charge >= 0.3 is 0 Å². The Morgan fingerprint density at radius 1 is 0.750 bits per heavy atom. The van der Waals surface area contributed by atoms with E-state index < -0.39 is 5.41 Å². The van der Waals surface area contributed by atoms with Crippen molar-refractivity contribution in [2.24, 2.45) is 5.41 Å². The van der Waals surface area contributed by atoms with Gasteiger partial charge in [-0.25, -0.2) is 0 Å². The molecule has 0 saturated carbocycles. The van der Waals surface area contributed by atoms with Crippen LogP contribution in [0.3, 0.4) is 0 Å². The van der Waals surface area contributed by atoms with Crippen LogP contribution >= 0.6 is 0 Å². The van der Waals surface area contributed by atoms with E-state index in [2.05, 4.69) is 5.32 Å². The lowest BCUT2D eigenvalue weighted by Gasteiger charge is -2.32. The Kier molecular flexibility index (Phi) is 2.40. The summed E-state index contributed by atoms with van der Waals surface area (Å²) < 4.78 is 0. The van der Waals surface area contributed by atoms with Crippen molar-refractivity contribution in [3.05, 3.63) is 76.4 Å². The summed E-state index contributed by atoms with van der Waals surface area (Å²) in [5.74, 6) is -0.430. The van der Waals surface area contributed by atoms with Crippen LogP contribution < -0.4 is 5.32 Å². The minimum atomic E-state index is -1.18. The van der Waals surface area contributed by atoms with E-state index in [1.165, 1.54) is 0 Å². The molecule has 1 heterocycles. The number of allylic oxidation sites excluding steroid dienone is 1. The van der Waals surface area contributed by atoms with Crippen molar-refractivity contribution in [1.29, 1.82) is 0 Å². The second kappa shape index (κ2) is 4.29. The normalized spacial score (nSPS) is 20.1. The van der Waals surface area contributed by atoms with Crippen LogP contribution in [-0.4, -0.2) is 23.9 Å². The molecule has 2 aliphatic carbocycles. The zero-order valence-electron chi connectivity index (χ0n) is 12.8. The summed E-state index contributed by atoms with van der Waals surface area (Å²) in [6, 6.07) is 14.3. The third-order valence-electron chi connectivity index (χ3n) is 5.35. The second-order valence-electron chi connectivity index (χ2n) is 6.54. The van der Waals surface area contributed by atoms with Crippen LogP contribution in [0.2, 0.25) is 0 Å². The molecule has 5 rings (SSSR count). The van der Waals surface area contributed by atoms with Crippen molar-refractivity contribution in [2.75, 3.05) is 6.54 Å². The SMILES string of the molecule is O=C1C2=C(NCC3(C2)C(=O)c2ccccc2C3=O)c2ccccc21. The molecule has 2 aromatic rings. The van der Waals surface area contributed by atoms with Crippen LogP contribution in [0.4, 0.5) is 0 Å². The van der Waals surface area contributed by atoms with Crippen molar-refractivity contribution in [1.82, 2.24) is 5.32 Å². The van der Waals surface area contributed by atoms with Gasteiger partial charge in [0.2, 0.25) is 0 Å². The highest BCUT2D eigenvalue weighted by molar-refractivity contribution is 6.31. The molecule has 0 radical (unpaired) electrons. The van der Waals surface area contributed by atoms with E-state index in [-0.39, 0.29) is 30.3 Å². The molecule has 1 spiro atoms. The minimum Gasteiger partial charge on any atom is -0.383 e. The van der Waals surface area contributed by atoms with Crippen molar-refractivity contribution in [3.63, 3.8) is 0 Å². The van der Waals surface area contributed by atoms with Crippen LogP contribution in [-0.2, 0) is 0 Å². The lowest BCUT2D eigenvalue weighted by Crippen LogP contribution is -2.46. The molecule has 4 nitrogen and oxygen atoms in total. The largest absolute Gasteiger partial charge is 0.383 e. The van der Waals surface area contributed by atoms with E-state index in [9.17, 15) is 14.4 Å². The molecule has 116 valence electrons. The lowest BCUT2D eigenvalue weighted by molar-refractivity contribution is 0.0692. The van der Waals surface area contributed by atoms with E-state index in [0.29, 0.717) is 22.3 Å². The van der Waals surface area contributed by atoms with E-state index in [0.717, 1.165) is 11.3 Å². The number of carbonyl (C=O) groups is 3. The highest BCUT2D eigenvalue weighted by Crippen LogP contribution is 2.47. The number of carbonyl (C=O) groups excluding carboxylic acids is 3. The Hall–Kier alpha value is -3.01. The average molecular weight is 315 g/mol. The first-order chi connectivity index (χ1) is 11.6. The van der Waals surface area contributed by atoms with Gasteiger partial charge in [-0.15, -0.1) is 0 Å². The lowest BCUT2D eigenvalue weighted by atomic mass is 9.74. The molecule has 4 heteroatoms. The van der Waals surface area contributed by atoms with Crippen LogP contribution in [0.1, 0.15) is 43.1 Å². The predicted octanol–water partition coefficient (Wildman–Crippen LogP) is 2.65. The zero-order valence-corrected chi connectivity index (χ0v) is 12.8. The standard InChI is InChI=1S/C20H13NO3/c22-17-12-6-2-1-5-11(12)16-15(17)9-20(10-21-16)18(23)13-7-3-4-8-14(13)19(20)24/h1-8,21H,9-10H2. The molecule has 0 amide bonds. The van der Waals surface area contributed by atoms with Gasteiger partial charge in [0.1, 0.15) is 5.41 Å². The molecule has 0 saturated heterocycles. The van der Waals surface area contributed by atoms with Crippen molar-refractivity contribution < 1.29 is 14.4 Å². The number of benzene rings is 2. The van der Waals surface area contributed by atoms with E-state index in [1.807, 2.05) is 18.2 Å². The quantitative estimate of drug-likeness (QED) is 0.759. The fraction of sp³-hybridized carbons (Fsp3) is 0.150. The first-order valence-electron chi connectivity index (χ1n) is 7.93. The fourth-order valence-corrected chi connectivity index (χ4v) is 4.13. The van der Waals surface area contributed by atoms with E-state index >= 15 is 0 Å². The summed E-state index contributed by atoms with van der Waals surface area (Å²) in [5.41, 5.74) is 2.59. The Morgan fingerprint density at radius 3 is 1.92 bits per heavy atom. The maximum absolute atomic E-state index is 13.0.